The fraction of sp³-hybridized carbons (Fsp3) is 0.481. The van der Waals surface area contributed by atoms with E-state index < -0.39 is 0 Å². The van der Waals surface area contributed by atoms with Crippen LogP contribution in [0.4, 0.5) is 5.82 Å². The summed E-state index contributed by atoms with van der Waals surface area (Å²) in [4.78, 5) is 25.9. The Bertz CT molecular complexity index is 1160. The second-order valence-corrected chi connectivity index (χ2v) is 9.70. The molecule has 3 aromatic rings. The molecule has 3 aliphatic rings. The number of H-pyrrole nitrogens is 1. The van der Waals surface area contributed by atoms with E-state index in [4.69, 9.17) is 9.72 Å². The summed E-state index contributed by atoms with van der Waals surface area (Å²) in [6.07, 6.45) is 9.35. The molecule has 1 saturated carbocycles. The molecule has 6 heteroatoms. The first-order valence-electron chi connectivity index (χ1n) is 12.5. The van der Waals surface area contributed by atoms with Crippen LogP contribution in [0, 0.1) is 0 Å². The van der Waals surface area contributed by atoms with Gasteiger partial charge in [-0.25, -0.2) is 4.98 Å². The highest BCUT2D eigenvalue weighted by Crippen LogP contribution is 2.37. The van der Waals surface area contributed by atoms with Gasteiger partial charge in [-0.15, -0.1) is 0 Å². The van der Waals surface area contributed by atoms with Crippen molar-refractivity contribution < 1.29 is 9.53 Å². The monoisotopic (exact) mass is 444 g/mol. The number of fused-ring (bicyclic) bond motifs is 2. The normalized spacial score (nSPS) is 19.6. The number of carbonyl (C=O) groups excluding carboxylic acids is 1. The second-order valence-electron chi connectivity index (χ2n) is 9.70. The number of nitrogens with one attached hydrogen (secondary N) is 1. The van der Waals surface area contributed by atoms with Crippen molar-refractivity contribution in [2.24, 2.45) is 0 Å². The number of hydrogen-bond donors (Lipinski definition) is 1. The van der Waals surface area contributed by atoms with Crippen molar-refractivity contribution in [3.63, 3.8) is 0 Å². The van der Waals surface area contributed by atoms with Crippen LogP contribution in [-0.2, 0) is 17.8 Å². The summed E-state index contributed by atoms with van der Waals surface area (Å²) in [6.45, 7) is 4.61. The molecule has 0 bridgehead atoms. The number of carbonyl (C=O) groups is 1. The molecule has 1 aromatic carbocycles. The van der Waals surface area contributed by atoms with Crippen LogP contribution >= 0.6 is 0 Å². The van der Waals surface area contributed by atoms with Crippen LogP contribution in [0.1, 0.15) is 65.2 Å². The molecular weight excluding hydrogens is 412 g/mol. The number of anilines is 1. The van der Waals surface area contributed by atoms with Gasteiger partial charge in [0, 0.05) is 60.3 Å². The van der Waals surface area contributed by atoms with Crippen LogP contribution in [0.3, 0.4) is 0 Å². The minimum Gasteiger partial charge on any atom is -0.376 e. The Hall–Kier alpha value is -2.86. The Morgan fingerprint density at radius 1 is 1.03 bits per heavy atom. The number of pyridine rings is 1. The van der Waals surface area contributed by atoms with E-state index in [1.54, 1.807) is 0 Å². The van der Waals surface area contributed by atoms with Crippen LogP contribution < -0.4 is 4.90 Å². The zero-order chi connectivity index (χ0) is 22.2. The van der Waals surface area contributed by atoms with E-state index in [-0.39, 0.29) is 5.91 Å². The lowest BCUT2D eigenvalue weighted by molar-refractivity contribution is 0.0746. The van der Waals surface area contributed by atoms with Gasteiger partial charge >= 0.3 is 0 Å². The summed E-state index contributed by atoms with van der Waals surface area (Å²) in [7, 11) is 0. The van der Waals surface area contributed by atoms with Gasteiger partial charge < -0.3 is 19.5 Å². The number of benzene rings is 1. The van der Waals surface area contributed by atoms with E-state index in [1.165, 1.54) is 48.9 Å². The molecule has 172 valence electrons. The molecule has 6 rings (SSSR count). The van der Waals surface area contributed by atoms with E-state index in [9.17, 15) is 4.79 Å². The van der Waals surface area contributed by atoms with Crippen molar-refractivity contribution in [2.45, 2.75) is 51.0 Å². The number of hydrogen-bond acceptors (Lipinski definition) is 4. The van der Waals surface area contributed by atoms with Gasteiger partial charge in [0.15, 0.2) is 0 Å². The molecule has 2 fully saturated rings. The fourth-order valence-electron chi connectivity index (χ4n) is 5.76. The average Bonchev–Trinajstić information content (AvgIpc) is 3.36. The zero-order valence-corrected chi connectivity index (χ0v) is 19.2. The van der Waals surface area contributed by atoms with Crippen LogP contribution in [-0.4, -0.2) is 53.6 Å². The lowest BCUT2D eigenvalue weighted by Crippen LogP contribution is -2.49. The molecule has 0 radical (unpaired) electrons. The third-order valence-electron chi connectivity index (χ3n) is 7.68. The predicted octanol–water partition coefficient (Wildman–Crippen LogP) is 4.65. The van der Waals surface area contributed by atoms with Gasteiger partial charge in [-0.05, 0) is 55.2 Å². The van der Waals surface area contributed by atoms with Crippen molar-refractivity contribution in [3.8, 4) is 0 Å². The van der Waals surface area contributed by atoms with E-state index >= 15 is 0 Å². The Kier molecular flexibility index (Phi) is 5.54. The molecule has 0 atom stereocenters. The van der Waals surface area contributed by atoms with Crippen LogP contribution in [0.15, 0.2) is 36.5 Å². The first-order chi connectivity index (χ1) is 16.3. The molecule has 0 unspecified atom stereocenters. The lowest BCUT2D eigenvalue weighted by Gasteiger charge is -2.37. The summed E-state index contributed by atoms with van der Waals surface area (Å²) in [5, 5.41) is 1.08. The molecule has 2 aromatic heterocycles. The van der Waals surface area contributed by atoms with Crippen molar-refractivity contribution in [2.75, 3.05) is 37.7 Å². The van der Waals surface area contributed by atoms with Crippen LogP contribution in [0.25, 0.3) is 10.9 Å². The first-order valence-corrected chi connectivity index (χ1v) is 12.5. The third-order valence-corrected chi connectivity index (χ3v) is 7.68. The first kappa shape index (κ1) is 20.7. The Morgan fingerprint density at radius 3 is 2.73 bits per heavy atom. The molecule has 1 saturated heterocycles. The molecule has 1 N–H and O–H groups in total. The summed E-state index contributed by atoms with van der Waals surface area (Å²) in [5.41, 5.74) is 5.90. The number of aromatic amines is 1. The summed E-state index contributed by atoms with van der Waals surface area (Å²) in [5.74, 6) is 1.79. The van der Waals surface area contributed by atoms with Gasteiger partial charge in [0.25, 0.3) is 5.91 Å². The minimum absolute atomic E-state index is 0.121. The molecule has 4 heterocycles. The third kappa shape index (κ3) is 4.01. The summed E-state index contributed by atoms with van der Waals surface area (Å²) in [6, 6.07) is 10.2. The van der Waals surface area contributed by atoms with Gasteiger partial charge in [-0.2, -0.15) is 0 Å². The Labute approximate surface area is 194 Å². The summed E-state index contributed by atoms with van der Waals surface area (Å²) >= 11 is 0. The molecule has 1 aliphatic carbocycles. The number of rotatable bonds is 3. The summed E-state index contributed by atoms with van der Waals surface area (Å²) < 4.78 is 5.82. The van der Waals surface area contributed by atoms with Gasteiger partial charge in [0.2, 0.25) is 0 Å². The molecule has 2 aliphatic heterocycles. The minimum atomic E-state index is 0.121. The highest BCUT2D eigenvalue weighted by molar-refractivity contribution is 5.98. The Balaban J connectivity index is 1.20. The van der Waals surface area contributed by atoms with Crippen molar-refractivity contribution in [3.05, 3.63) is 58.9 Å². The SMILES string of the molecule is O=C(c1ccc2[nH]ccc2c1)N1CCN(c2cc3c(c(C4CCCCC4)n2)COCC3)CC1. The van der Waals surface area contributed by atoms with Gasteiger partial charge in [-0.3, -0.25) is 4.79 Å². The van der Waals surface area contributed by atoms with E-state index in [2.05, 4.69) is 16.0 Å². The maximum atomic E-state index is 13.1. The number of ether oxygens (including phenoxy) is 1. The van der Waals surface area contributed by atoms with Gasteiger partial charge in [0.1, 0.15) is 5.82 Å². The van der Waals surface area contributed by atoms with E-state index in [1.807, 2.05) is 35.4 Å². The second kappa shape index (κ2) is 8.82. The lowest BCUT2D eigenvalue weighted by atomic mass is 9.83. The van der Waals surface area contributed by atoms with Crippen LogP contribution in [0.2, 0.25) is 0 Å². The van der Waals surface area contributed by atoms with Crippen molar-refractivity contribution in [1.82, 2.24) is 14.9 Å². The van der Waals surface area contributed by atoms with Gasteiger partial charge in [0.05, 0.1) is 18.9 Å². The topological polar surface area (TPSA) is 61.5 Å². The van der Waals surface area contributed by atoms with Crippen molar-refractivity contribution in [1.29, 1.82) is 0 Å². The van der Waals surface area contributed by atoms with Crippen molar-refractivity contribution >= 4 is 22.6 Å². The smallest absolute Gasteiger partial charge is 0.253 e. The van der Waals surface area contributed by atoms with E-state index in [0.717, 1.165) is 61.5 Å². The highest BCUT2D eigenvalue weighted by Gasteiger charge is 2.28. The number of amides is 1. The van der Waals surface area contributed by atoms with Gasteiger partial charge in [-0.1, -0.05) is 19.3 Å². The maximum Gasteiger partial charge on any atom is 0.253 e. The zero-order valence-electron chi connectivity index (χ0n) is 19.2. The quantitative estimate of drug-likeness (QED) is 0.639. The fourth-order valence-corrected chi connectivity index (χ4v) is 5.76. The number of piperazine rings is 1. The molecule has 0 spiro atoms. The Morgan fingerprint density at radius 2 is 1.88 bits per heavy atom. The molecule has 6 nitrogen and oxygen atoms in total. The predicted molar refractivity (Wildman–Crippen MR) is 130 cm³/mol. The van der Waals surface area contributed by atoms with Crippen LogP contribution in [0.5, 0.6) is 0 Å². The highest BCUT2D eigenvalue weighted by atomic mass is 16.5. The maximum absolute atomic E-state index is 13.1. The number of aromatic nitrogens is 2. The largest absolute Gasteiger partial charge is 0.376 e. The number of nitrogens with zero attached hydrogens (tertiary/aromatic N) is 3. The molecule has 1 amide bonds. The molecule has 33 heavy (non-hydrogen) atoms. The van der Waals surface area contributed by atoms with E-state index in [0.29, 0.717) is 12.5 Å². The molecular formula is C27H32N4O2. The average molecular weight is 445 g/mol. The standard InChI is InChI=1S/C27H32N4O2/c32-27(22-6-7-24-21(16-22)8-10-28-24)31-13-11-30(12-14-31)25-17-20-9-15-33-18-23(20)26(29-25)19-4-2-1-3-5-19/h6-8,10,16-17,19,28H,1-5,9,11-15,18H2.